The fourth-order valence-electron chi connectivity index (χ4n) is 4.80. The zero-order valence-corrected chi connectivity index (χ0v) is 18.1. The molecule has 0 aliphatic carbocycles. The number of ether oxygens (including phenoxy) is 3. The molecule has 3 N–H and O–H groups in total. The lowest BCUT2D eigenvalue weighted by atomic mass is 9.55. The Kier molecular flexibility index (Phi) is 4.14. The lowest BCUT2D eigenvalue weighted by molar-refractivity contribution is -0.247. The maximum atomic E-state index is 12.8. The van der Waals surface area contributed by atoms with Crippen LogP contribution in [0.3, 0.4) is 0 Å². The smallest absolute Gasteiger partial charge is 0.283 e. The molecule has 9 heteroatoms. The standard InChI is InChI=1S/C22H27N5O4/c1-13(2)27-8-7-16(26-27)18(28)24-14-5-6-17-15(9-14)22(12-30-19(23)25-22)21(10-29-11-21)20(3,4)31-17/h5-9,13H,10-12H2,1-4H3,(H2,23,25)(H,24,28). The van der Waals surface area contributed by atoms with Crippen LogP contribution in [0.1, 0.15) is 49.8 Å². The second-order valence-corrected chi connectivity index (χ2v) is 9.23. The van der Waals surface area contributed by atoms with Crippen molar-refractivity contribution in [2.45, 2.75) is 44.9 Å². The third-order valence-corrected chi connectivity index (χ3v) is 6.79. The molecule has 1 saturated heterocycles. The summed E-state index contributed by atoms with van der Waals surface area (Å²) in [5.41, 5.74) is 6.08. The van der Waals surface area contributed by atoms with Gasteiger partial charge in [-0.2, -0.15) is 5.10 Å². The monoisotopic (exact) mass is 425 g/mol. The topological polar surface area (TPSA) is 113 Å². The lowest BCUT2D eigenvalue weighted by Gasteiger charge is -2.61. The van der Waals surface area contributed by atoms with Gasteiger partial charge in [-0.3, -0.25) is 9.48 Å². The van der Waals surface area contributed by atoms with Crippen LogP contribution in [0.25, 0.3) is 0 Å². The van der Waals surface area contributed by atoms with Crippen LogP contribution < -0.4 is 15.8 Å². The van der Waals surface area contributed by atoms with Gasteiger partial charge in [0.05, 0.1) is 18.6 Å². The molecule has 1 unspecified atom stereocenters. The number of hydrogen-bond donors (Lipinski definition) is 2. The van der Waals surface area contributed by atoms with Crippen LogP contribution in [-0.4, -0.2) is 47.1 Å². The molecule has 0 saturated carbocycles. The van der Waals surface area contributed by atoms with E-state index in [9.17, 15) is 4.79 Å². The summed E-state index contributed by atoms with van der Waals surface area (Å²) in [5.74, 6) is 0.421. The predicted molar refractivity (Wildman–Crippen MR) is 114 cm³/mol. The second kappa shape index (κ2) is 6.46. The molecule has 0 bridgehead atoms. The van der Waals surface area contributed by atoms with E-state index in [0.29, 0.717) is 37.0 Å². The molecule has 1 amide bonds. The van der Waals surface area contributed by atoms with Gasteiger partial charge >= 0.3 is 0 Å². The summed E-state index contributed by atoms with van der Waals surface area (Å²) in [7, 11) is 0. The van der Waals surface area contributed by atoms with Gasteiger partial charge in [0.2, 0.25) is 0 Å². The van der Waals surface area contributed by atoms with Crippen molar-refractivity contribution in [1.29, 1.82) is 0 Å². The molecule has 2 spiro atoms. The fourth-order valence-corrected chi connectivity index (χ4v) is 4.80. The average Bonchev–Trinajstić information content (AvgIpc) is 3.29. The van der Waals surface area contributed by atoms with Crippen LogP contribution in [0.15, 0.2) is 35.5 Å². The van der Waals surface area contributed by atoms with Crippen molar-refractivity contribution in [2.75, 3.05) is 25.1 Å². The van der Waals surface area contributed by atoms with E-state index in [1.54, 1.807) is 16.9 Å². The van der Waals surface area contributed by atoms with Crippen molar-refractivity contribution in [1.82, 2.24) is 9.78 Å². The SMILES string of the molecule is CC(C)n1ccc(C(=O)Nc2ccc3c(c2)C2(COC(N)=N2)C2(COC2)C(C)(C)O3)n1. The number of fused-ring (bicyclic) bond motifs is 3. The van der Waals surface area contributed by atoms with Crippen molar-refractivity contribution in [3.05, 3.63) is 41.7 Å². The van der Waals surface area contributed by atoms with Crippen molar-refractivity contribution in [3.63, 3.8) is 0 Å². The van der Waals surface area contributed by atoms with E-state index in [1.165, 1.54) is 0 Å². The Hall–Kier alpha value is -3.07. The molecule has 1 aromatic heterocycles. The Morgan fingerprint density at radius 3 is 2.58 bits per heavy atom. The van der Waals surface area contributed by atoms with Gasteiger partial charge in [-0.1, -0.05) is 0 Å². The van der Waals surface area contributed by atoms with Gasteiger partial charge in [-0.25, -0.2) is 4.99 Å². The molecule has 164 valence electrons. The summed E-state index contributed by atoms with van der Waals surface area (Å²) in [6.45, 7) is 9.39. The van der Waals surface area contributed by atoms with E-state index in [0.717, 1.165) is 5.56 Å². The van der Waals surface area contributed by atoms with E-state index in [1.807, 2.05) is 45.9 Å². The highest BCUT2D eigenvalue weighted by atomic mass is 16.5. The third kappa shape index (κ3) is 2.69. The van der Waals surface area contributed by atoms with Gasteiger partial charge in [0.15, 0.2) is 5.69 Å². The van der Waals surface area contributed by atoms with Crippen molar-refractivity contribution < 1.29 is 19.0 Å². The zero-order valence-electron chi connectivity index (χ0n) is 18.1. The maximum Gasteiger partial charge on any atom is 0.283 e. The first-order valence-corrected chi connectivity index (χ1v) is 10.4. The largest absolute Gasteiger partial charge is 0.487 e. The number of anilines is 1. The van der Waals surface area contributed by atoms with Crippen molar-refractivity contribution >= 4 is 17.6 Å². The molecule has 2 aromatic rings. The van der Waals surface area contributed by atoms with Crippen LogP contribution in [0.5, 0.6) is 5.75 Å². The molecular formula is C22H27N5O4. The van der Waals surface area contributed by atoms with Crippen LogP contribution in [0.4, 0.5) is 5.69 Å². The molecule has 3 aliphatic heterocycles. The summed E-state index contributed by atoms with van der Waals surface area (Å²) in [5, 5.41) is 7.28. The van der Waals surface area contributed by atoms with E-state index < -0.39 is 16.6 Å². The Balaban J connectivity index is 1.53. The summed E-state index contributed by atoms with van der Waals surface area (Å²) >= 11 is 0. The quantitative estimate of drug-likeness (QED) is 0.781. The number of carbonyl (C=O) groups excluding carboxylic acids is 1. The van der Waals surface area contributed by atoms with Crippen molar-refractivity contribution in [2.24, 2.45) is 16.1 Å². The molecule has 1 atom stereocenters. The molecule has 5 rings (SSSR count). The van der Waals surface area contributed by atoms with E-state index in [4.69, 9.17) is 24.9 Å². The molecule has 1 aromatic carbocycles. The van der Waals surface area contributed by atoms with Gasteiger partial charge in [0.1, 0.15) is 23.5 Å². The summed E-state index contributed by atoms with van der Waals surface area (Å²) < 4.78 is 19.4. The van der Waals surface area contributed by atoms with E-state index in [-0.39, 0.29) is 18.0 Å². The van der Waals surface area contributed by atoms with Crippen LogP contribution in [0, 0.1) is 5.41 Å². The predicted octanol–water partition coefficient (Wildman–Crippen LogP) is 2.44. The number of aromatic nitrogens is 2. The molecule has 3 aliphatic rings. The van der Waals surface area contributed by atoms with E-state index in [2.05, 4.69) is 10.4 Å². The maximum absolute atomic E-state index is 12.8. The molecule has 31 heavy (non-hydrogen) atoms. The minimum atomic E-state index is -0.744. The Bertz CT molecular complexity index is 1090. The molecule has 0 radical (unpaired) electrons. The fraction of sp³-hybridized carbons (Fsp3) is 0.500. The lowest BCUT2D eigenvalue weighted by Crippen LogP contribution is -2.71. The van der Waals surface area contributed by atoms with Gasteiger partial charge in [0, 0.05) is 23.5 Å². The summed E-state index contributed by atoms with van der Waals surface area (Å²) in [6, 6.07) is 7.61. The Labute approximate surface area is 180 Å². The third-order valence-electron chi connectivity index (χ3n) is 6.79. The normalized spacial score (nSPS) is 24.9. The number of benzene rings is 1. The number of nitrogens with zero attached hydrogens (tertiary/aromatic N) is 3. The number of rotatable bonds is 3. The first-order chi connectivity index (χ1) is 14.7. The van der Waals surface area contributed by atoms with Gasteiger partial charge in [-0.15, -0.1) is 0 Å². The minimum Gasteiger partial charge on any atom is -0.487 e. The van der Waals surface area contributed by atoms with Crippen molar-refractivity contribution in [3.8, 4) is 5.75 Å². The van der Waals surface area contributed by atoms with Gasteiger partial charge < -0.3 is 25.3 Å². The van der Waals surface area contributed by atoms with Crippen LogP contribution >= 0.6 is 0 Å². The Morgan fingerprint density at radius 1 is 1.23 bits per heavy atom. The Morgan fingerprint density at radius 2 is 2.00 bits per heavy atom. The molecule has 4 heterocycles. The van der Waals surface area contributed by atoms with E-state index >= 15 is 0 Å². The van der Waals surface area contributed by atoms with Gasteiger partial charge in [0.25, 0.3) is 11.9 Å². The second-order valence-electron chi connectivity index (χ2n) is 9.23. The number of nitrogens with two attached hydrogens (primary N) is 1. The minimum absolute atomic E-state index is 0.156. The molecule has 1 fully saturated rings. The molecular weight excluding hydrogens is 398 g/mol. The summed E-state index contributed by atoms with van der Waals surface area (Å²) in [6.07, 6.45) is 1.80. The first kappa shape index (κ1) is 19.9. The highest BCUT2D eigenvalue weighted by Gasteiger charge is 2.71. The van der Waals surface area contributed by atoms with Gasteiger partial charge in [-0.05, 0) is 52.0 Å². The highest BCUT2D eigenvalue weighted by molar-refractivity contribution is 6.02. The number of carbonyl (C=O) groups is 1. The highest BCUT2D eigenvalue weighted by Crippen LogP contribution is 2.62. The number of amidine groups is 1. The molecule has 9 nitrogen and oxygen atoms in total. The number of hydrogen-bond acceptors (Lipinski definition) is 7. The number of nitrogens with one attached hydrogen (secondary N) is 1. The van der Waals surface area contributed by atoms with Crippen LogP contribution in [-0.2, 0) is 15.0 Å². The number of amides is 1. The first-order valence-electron chi connectivity index (χ1n) is 10.4. The average molecular weight is 425 g/mol. The zero-order chi connectivity index (χ0) is 22.0. The number of aliphatic imine (C=N–C) groups is 1. The van der Waals surface area contributed by atoms with Crippen LogP contribution in [0.2, 0.25) is 0 Å². The summed E-state index contributed by atoms with van der Waals surface area (Å²) in [4.78, 5) is 17.5.